The molecule has 1 rings (SSSR count). The lowest BCUT2D eigenvalue weighted by molar-refractivity contribution is -0.136. The van der Waals surface area contributed by atoms with E-state index >= 15 is 0 Å². The van der Waals surface area contributed by atoms with Gasteiger partial charge in [-0.05, 0) is 28.7 Å². The zero-order valence-electron chi connectivity index (χ0n) is 7.18. The fourth-order valence-corrected chi connectivity index (χ4v) is 1.59. The summed E-state index contributed by atoms with van der Waals surface area (Å²) in [6, 6.07) is 1.13. The van der Waals surface area contributed by atoms with Crippen LogP contribution in [-0.2, 0) is 11.2 Å². The molecular formula is C8H5F3INO2. The monoisotopic (exact) mass is 331 g/mol. The van der Waals surface area contributed by atoms with Crippen LogP contribution in [0.4, 0.5) is 13.2 Å². The molecule has 0 aromatic carbocycles. The molecule has 1 heterocycles. The molecule has 0 unspecified atom stereocenters. The van der Waals surface area contributed by atoms with Crippen molar-refractivity contribution in [2.45, 2.75) is 12.8 Å². The summed E-state index contributed by atoms with van der Waals surface area (Å²) in [5.41, 5.74) is -1.08. The topological polar surface area (TPSA) is 50.2 Å². The number of pyridine rings is 1. The van der Waals surface area contributed by atoms with Crippen LogP contribution >= 0.6 is 22.6 Å². The number of hydrogen-bond acceptors (Lipinski definition) is 2. The summed E-state index contributed by atoms with van der Waals surface area (Å²) in [7, 11) is 0. The van der Waals surface area contributed by atoms with Gasteiger partial charge in [-0.2, -0.15) is 0 Å². The normalized spacial score (nSPS) is 10.7. The van der Waals surface area contributed by atoms with E-state index in [1.807, 2.05) is 0 Å². The van der Waals surface area contributed by atoms with Gasteiger partial charge in [0.05, 0.1) is 15.7 Å². The van der Waals surface area contributed by atoms with Crippen molar-refractivity contribution < 1.29 is 23.1 Å². The van der Waals surface area contributed by atoms with E-state index in [2.05, 4.69) is 4.98 Å². The number of aliphatic carboxylic acids is 1. The Hall–Kier alpha value is -0.860. The highest BCUT2D eigenvalue weighted by Gasteiger charge is 2.19. The van der Waals surface area contributed by atoms with Gasteiger partial charge in [-0.1, -0.05) is 0 Å². The molecule has 0 atom stereocenters. The molecule has 1 N–H and O–H groups in total. The first kappa shape index (κ1) is 12.2. The number of halogens is 4. The van der Waals surface area contributed by atoms with Gasteiger partial charge >= 0.3 is 5.97 Å². The molecule has 15 heavy (non-hydrogen) atoms. The lowest BCUT2D eigenvalue weighted by Crippen LogP contribution is -2.07. The summed E-state index contributed by atoms with van der Waals surface area (Å²) in [4.78, 5) is 13.6. The summed E-state index contributed by atoms with van der Waals surface area (Å²) >= 11 is 1.51. The molecule has 1 aromatic rings. The van der Waals surface area contributed by atoms with Gasteiger partial charge in [-0.25, -0.2) is 18.2 Å². The summed E-state index contributed by atoms with van der Waals surface area (Å²) in [5, 5.41) is 8.43. The molecule has 0 aliphatic heterocycles. The van der Waals surface area contributed by atoms with Gasteiger partial charge in [0.15, 0.2) is 5.82 Å². The zero-order chi connectivity index (χ0) is 11.6. The number of carboxylic acid groups (broad SMARTS) is 1. The van der Waals surface area contributed by atoms with Gasteiger partial charge in [-0.15, -0.1) is 0 Å². The zero-order valence-corrected chi connectivity index (χ0v) is 9.33. The number of hydrogen-bond donors (Lipinski definition) is 1. The van der Waals surface area contributed by atoms with Crippen LogP contribution in [0.5, 0.6) is 0 Å². The third-order valence-electron chi connectivity index (χ3n) is 1.53. The average Bonchev–Trinajstić information content (AvgIpc) is 2.09. The Morgan fingerprint density at radius 1 is 1.60 bits per heavy atom. The summed E-state index contributed by atoms with van der Waals surface area (Å²) < 4.78 is 37.6. The SMILES string of the molecule is O=C(O)Cc1cc(I)c(F)c(C(F)F)n1. The molecule has 0 radical (unpaired) electrons. The van der Waals surface area contributed by atoms with E-state index in [0.717, 1.165) is 6.07 Å². The lowest BCUT2D eigenvalue weighted by Gasteiger charge is -2.05. The van der Waals surface area contributed by atoms with Crippen LogP contribution in [0.2, 0.25) is 0 Å². The first-order valence-electron chi connectivity index (χ1n) is 3.76. The minimum Gasteiger partial charge on any atom is -0.481 e. The van der Waals surface area contributed by atoms with Crippen molar-refractivity contribution in [1.29, 1.82) is 0 Å². The molecule has 0 saturated carbocycles. The van der Waals surface area contributed by atoms with E-state index in [-0.39, 0.29) is 9.26 Å². The van der Waals surface area contributed by atoms with Gasteiger partial charge < -0.3 is 5.11 Å². The van der Waals surface area contributed by atoms with Crippen molar-refractivity contribution in [3.8, 4) is 0 Å². The fourth-order valence-electron chi connectivity index (χ4n) is 0.958. The number of nitrogens with zero attached hydrogens (tertiary/aromatic N) is 1. The quantitative estimate of drug-likeness (QED) is 0.866. The Labute approximate surface area is 96.5 Å². The van der Waals surface area contributed by atoms with Crippen molar-refractivity contribution in [3.05, 3.63) is 26.8 Å². The molecule has 82 valence electrons. The van der Waals surface area contributed by atoms with E-state index in [1.54, 1.807) is 0 Å². The van der Waals surface area contributed by atoms with E-state index in [0.29, 0.717) is 0 Å². The van der Waals surface area contributed by atoms with Gasteiger partial charge in [0.25, 0.3) is 6.43 Å². The number of carboxylic acids is 1. The predicted octanol–water partition coefficient (Wildman–Crippen LogP) is 2.39. The second-order valence-corrected chi connectivity index (χ2v) is 3.83. The van der Waals surface area contributed by atoms with Gasteiger partial charge in [0, 0.05) is 0 Å². The van der Waals surface area contributed by atoms with Crippen molar-refractivity contribution in [2.75, 3.05) is 0 Å². The third kappa shape index (κ3) is 3.05. The standard InChI is InChI=1S/C8H5F3INO2/c9-6-4(12)1-3(2-5(14)15)13-7(6)8(10)11/h1,8H,2H2,(H,14,15). The molecular weight excluding hydrogens is 326 g/mol. The van der Waals surface area contributed by atoms with Crippen molar-refractivity contribution in [3.63, 3.8) is 0 Å². The molecule has 0 fully saturated rings. The van der Waals surface area contributed by atoms with E-state index < -0.39 is 30.3 Å². The third-order valence-corrected chi connectivity index (χ3v) is 2.32. The van der Waals surface area contributed by atoms with Crippen LogP contribution in [0.1, 0.15) is 17.8 Å². The summed E-state index contributed by atoms with van der Waals surface area (Å²) in [6.45, 7) is 0. The van der Waals surface area contributed by atoms with Crippen LogP contribution in [0, 0.1) is 9.39 Å². The smallest absolute Gasteiger partial charge is 0.309 e. The van der Waals surface area contributed by atoms with E-state index in [9.17, 15) is 18.0 Å². The predicted molar refractivity (Wildman–Crippen MR) is 53.2 cm³/mol. The van der Waals surface area contributed by atoms with Gasteiger partial charge in [0.1, 0.15) is 5.69 Å². The van der Waals surface area contributed by atoms with Gasteiger partial charge in [0.2, 0.25) is 0 Å². The van der Waals surface area contributed by atoms with Crippen LogP contribution in [0.25, 0.3) is 0 Å². The second-order valence-electron chi connectivity index (χ2n) is 2.67. The molecule has 3 nitrogen and oxygen atoms in total. The molecule has 7 heteroatoms. The Morgan fingerprint density at radius 3 is 2.67 bits per heavy atom. The first-order chi connectivity index (χ1) is 6.91. The highest BCUT2D eigenvalue weighted by atomic mass is 127. The average molecular weight is 331 g/mol. The number of alkyl halides is 2. The molecule has 0 bridgehead atoms. The minimum absolute atomic E-state index is 0.0610. The molecule has 0 aliphatic carbocycles. The molecule has 0 aliphatic rings. The summed E-state index contributed by atoms with van der Waals surface area (Å²) in [6.07, 6.45) is -3.55. The van der Waals surface area contributed by atoms with Crippen molar-refractivity contribution in [2.24, 2.45) is 0 Å². The number of rotatable bonds is 3. The summed E-state index contributed by atoms with van der Waals surface area (Å²) in [5.74, 6) is -2.30. The number of carbonyl (C=O) groups is 1. The Kier molecular flexibility index (Phi) is 3.89. The van der Waals surface area contributed by atoms with E-state index in [4.69, 9.17) is 5.11 Å². The van der Waals surface area contributed by atoms with Crippen molar-refractivity contribution >= 4 is 28.6 Å². The van der Waals surface area contributed by atoms with Crippen LogP contribution in [0.15, 0.2) is 6.07 Å². The van der Waals surface area contributed by atoms with Crippen LogP contribution < -0.4 is 0 Å². The first-order valence-corrected chi connectivity index (χ1v) is 4.84. The fraction of sp³-hybridized carbons (Fsp3) is 0.250. The number of aromatic nitrogens is 1. The second kappa shape index (κ2) is 4.77. The van der Waals surface area contributed by atoms with E-state index in [1.165, 1.54) is 22.6 Å². The highest BCUT2D eigenvalue weighted by molar-refractivity contribution is 14.1. The molecule has 0 spiro atoms. The Bertz CT molecular complexity index is 398. The molecule has 1 aromatic heterocycles. The maximum absolute atomic E-state index is 13.1. The largest absolute Gasteiger partial charge is 0.481 e. The minimum atomic E-state index is -3.05. The maximum Gasteiger partial charge on any atom is 0.309 e. The highest BCUT2D eigenvalue weighted by Crippen LogP contribution is 2.24. The molecule has 0 amide bonds. The Balaban J connectivity index is 3.17. The molecule has 0 saturated heterocycles. The lowest BCUT2D eigenvalue weighted by atomic mass is 10.2. The van der Waals surface area contributed by atoms with Crippen LogP contribution in [0.3, 0.4) is 0 Å². The van der Waals surface area contributed by atoms with Crippen LogP contribution in [-0.4, -0.2) is 16.1 Å². The van der Waals surface area contributed by atoms with Crippen molar-refractivity contribution in [1.82, 2.24) is 4.98 Å². The maximum atomic E-state index is 13.1. The van der Waals surface area contributed by atoms with Gasteiger partial charge in [-0.3, -0.25) is 4.79 Å². The Morgan fingerprint density at radius 2 is 2.20 bits per heavy atom.